The maximum atomic E-state index is 12.1. The number of benzene rings is 2. The molecule has 94 valence electrons. The molecule has 0 fully saturated rings. The Morgan fingerprint density at radius 3 is 2.58 bits per heavy atom. The van der Waals surface area contributed by atoms with Crippen molar-refractivity contribution in [3.05, 3.63) is 53.1 Å². The zero-order valence-corrected chi connectivity index (χ0v) is 10.5. The molecule has 3 aromatic rings. The summed E-state index contributed by atoms with van der Waals surface area (Å²) >= 11 is 5.79. The van der Waals surface area contributed by atoms with Crippen LogP contribution in [0.1, 0.15) is 10.4 Å². The summed E-state index contributed by atoms with van der Waals surface area (Å²) in [5, 5.41) is 13.8. The fourth-order valence-corrected chi connectivity index (χ4v) is 1.84. The molecule has 2 aromatic carbocycles. The summed E-state index contributed by atoms with van der Waals surface area (Å²) in [5.74, 6) is -0.202. The maximum absolute atomic E-state index is 12.1. The number of hydrogen-bond acceptors (Lipinski definition) is 3. The predicted octanol–water partition coefficient (Wildman–Crippen LogP) is 2.86. The number of hydrogen-bond donors (Lipinski definition) is 2. The first-order valence-electron chi connectivity index (χ1n) is 5.60. The monoisotopic (exact) mass is 272 g/mol. The topological polar surface area (TPSA) is 70.7 Å². The van der Waals surface area contributed by atoms with E-state index in [0.717, 1.165) is 5.52 Å². The lowest BCUT2D eigenvalue weighted by Crippen LogP contribution is -2.11. The van der Waals surface area contributed by atoms with Gasteiger partial charge >= 0.3 is 0 Å². The second kappa shape index (κ2) is 4.70. The standard InChI is InChI=1S/C13H9ClN4O/c14-9-2-4-10(5-3-9)15-13(19)8-1-6-11-12(7-8)17-18-16-11/h1-7H,(H,15,19)(H,16,17,18). The number of nitrogens with one attached hydrogen (secondary N) is 2. The molecule has 19 heavy (non-hydrogen) atoms. The highest BCUT2D eigenvalue weighted by molar-refractivity contribution is 6.30. The summed E-state index contributed by atoms with van der Waals surface area (Å²) in [5.41, 5.74) is 2.60. The molecule has 1 aromatic heterocycles. The largest absolute Gasteiger partial charge is 0.322 e. The number of aromatic nitrogens is 3. The lowest BCUT2D eigenvalue weighted by atomic mass is 10.2. The van der Waals surface area contributed by atoms with Gasteiger partial charge in [0, 0.05) is 16.3 Å². The molecule has 0 aliphatic rings. The Labute approximate surface area is 113 Å². The molecular weight excluding hydrogens is 264 g/mol. The summed E-state index contributed by atoms with van der Waals surface area (Å²) < 4.78 is 0. The maximum Gasteiger partial charge on any atom is 0.255 e. The lowest BCUT2D eigenvalue weighted by molar-refractivity contribution is 0.102. The van der Waals surface area contributed by atoms with Crippen molar-refractivity contribution in [2.24, 2.45) is 0 Å². The van der Waals surface area contributed by atoms with Crippen LogP contribution in [0.2, 0.25) is 5.02 Å². The molecule has 0 radical (unpaired) electrons. The predicted molar refractivity (Wildman–Crippen MR) is 73.3 cm³/mol. The number of fused-ring (bicyclic) bond motifs is 1. The Hall–Kier alpha value is -2.40. The van der Waals surface area contributed by atoms with Gasteiger partial charge in [-0.15, -0.1) is 0 Å². The molecule has 1 heterocycles. The Balaban J connectivity index is 1.84. The van der Waals surface area contributed by atoms with E-state index in [1.807, 2.05) is 0 Å². The minimum Gasteiger partial charge on any atom is -0.322 e. The third-order valence-corrected chi connectivity index (χ3v) is 2.93. The first kappa shape index (κ1) is 11.7. The van der Waals surface area contributed by atoms with Crippen LogP contribution >= 0.6 is 11.6 Å². The SMILES string of the molecule is O=C(Nc1ccc(Cl)cc1)c1ccc2n[nH]nc2c1. The first-order chi connectivity index (χ1) is 9.22. The van der Waals surface area contributed by atoms with Crippen LogP contribution in [-0.4, -0.2) is 21.3 Å². The third-order valence-electron chi connectivity index (χ3n) is 2.68. The molecule has 0 atom stereocenters. The van der Waals surface area contributed by atoms with Gasteiger partial charge in [-0.25, -0.2) is 0 Å². The Morgan fingerprint density at radius 2 is 1.79 bits per heavy atom. The molecule has 0 saturated heterocycles. The Kier molecular flexibility index (Phi) is 2.89. The molecule has 6 heteroatoms. The molecule has 0 spiro atoms. The number of aromatic amines is 1. The number of anilines is 1. The molecule has 0 bridgehead atoms. The van der Waals surface area contributed by atoms with E-state index in [1.165, 1.54) is 0 Å². The number of H-pyrrole nitrogens is 1. The summed E-state index contributed by atoms with van der Waals surface area (Å²) in [6.45, 7) is 0. The number of rotatable bonds is 2. The first-order valence-corrected chi connectivity index (χ1v) is 5.97. The van der Waals surface area contributed by atoms with Gasteiger partial charge in [0.15, 0.2) is 0 Å². The van der Waals surface area contributed by atoms with Gasteiger partial charge < -0.3 is 5.32 Å². The van der Waals surface area contributed by atoms with Crippen molar-refractivity contribution in [3.8, 4) is 0 Å². The van der Waals surface area contributed by atoms with Crippen LogP contribution in [0.15, 0.2) is 42.5 Å². The van der Waals surface area contributed by atoms with Gasteiger partial charge in [-0.1, -0.05) is 11.6 Å². The van der Waals surface area contributed by atoms with Crippen LogP contribution in [-0.2, 0) is 0 Å². The minimum absolute atomic E-state index is 0.202. The average Bonchev–Trinajstić information content (AvgIpc) is 2.88. The van der Waals surface area contributed by atoms with Crippen molar-refractivity contribution in [2.75, 3.05) is 5.32 Å². The smallest absolute Gasteiger partial charge is 0.255 e. The van der Waals surface area contributed by atoms with Gasteiger partial charge in [-0.3, -0.25) is 4.79 Å². The van der Waals surface area contributed by atoms with Gasteiger partial charge in [0.2, 0.25) is 0 Å². The normalized spacial score (nSPS) is 10.6. The second-order valence-corrected chi connectivity index (χ2v) is 4.42. The van der Waals surface area contributed by atoms with Crippen molar-refractivity contribution in [1.29, 1.82) is 0 Å². The van der Waals surface area contributed by atoms with Crippen LogP contribution in [0.5, 0.6) is 0 Å². The molecule has 5 nitrogen and oxygen atoms in total. The Morgan fingerprint density at radius 1 is 1.05 bits per heavy atom. The molecular formula is C13H9ClN4O. The van der Waals surface area contributed by atoms with Gasteiger partial charge in [0.25, 0.3) is 5.91 Å². The Bertz CT molecular complexity index is 736. The zero-order chi connectivity index (χ0) is 13.2. The van der Waals surface area contributed by atoms with Crippen molar-refractivity contribution in [3.63, 3.8) is 0 Å². The van der Waals surface area contributed by atoms with Gasteiger partial charge in [0.05, 0.1) is 0 Å². The molecule has 2 N–H and O–H groups in total. The highest BCUT2D eigenvalue weighted by atomic mass is 35.5. The molecule has 0 saturated carbocycles. The molecule has 0 aliphatic carbocycles. The van der Waals surface area contributed by atoms with E-state index in [-0.39, 0.29) is 5.91 Å². The van der Waals surface area contributed by atoms with Crippen LogP contribution in [0.4, 0.5) is 5.69 Å². The van der Waals surface area contributed by atoms with Crippen LogP contribution < -0.4 is 5.32 Å². The van der Waals surface area contributed by atoms with Crippen molar-refractivity contribution in [2.45, 2.75) is 0 Å². The minimum atomic E-state index is -0.202. The average molecular weight is 273 g/mol. The second-order valence-electron chi connectivity index (χ2n) is 3.99. The lowest BCUT2D eigenvalue weighted by Gasteiger charge is -2.05. The van der Waals surface area contributed by atoms with Crippen LogP contribution in [0.25, 0.3) is 11.0 Å². The van der Waals surface area contributed by atoms with E-state index < -0.39 is 0 Å². The quantitative estimate of drug-likeness (QED) is 0.753. The summed E-state index contributed by atoms with van der Waals surface area (Å²) in [6, 6.07) is 12.1. The summed E-state index contributed by atoms with van der Waals surface area (Å²) in [4.78, 5) is 12.1. The van der Waals surface area contributed by atoms with Crippen LogP contribution in [0, 0.1) is 0 Å². The van der Waals surface area contributed by atoms with Crippen molar-refractivity contribution < 1.29 is 4.79 Å². The number of halogens is 1. The fourth-order valence-electron chi connectivity index (χ4n) is 1.72. The van der Waals surface area contributed by atoms with Gasteiger partial charge in [-0.05, 0) is 42.5 Å². The van der Waals surface area contributed by atoms with Crippen molar-refractivity contribution in [1.82, 2.24) is 15.4 Å². The molecule has 0 aliphatic heterocycles. The van der Waals surface area contributed by atoms with Crippen LogP contribution in [0.3, 0.4) is 0 Å². The highest BCUT2D eigenvalue weighted by Crippen LogP contribution is 2.16. The number of carbonyl (C=O) groups is 1. The number of carbonyl (C=O) groups excluding carboxylic acids is 1. The number of nitrogens with zero attached hydrogens (tertiary/aromatic N) is 2. The fraction of sp³-hybridized carbons (Fsp3) is 0. The van der Waals surface area contributed by atoms with E-state index in [4.69, 9.17) is 11.6 Å². The van der Waals surface area contributed by atoms with E-state index in [1.54, 1.807) is 42.5 Å². The number of amides is 1. The molecule has 0 unspecified atom stereocenters. The highest BCUT2D eigenvalue weighted by Gasteiger charge is 2.08. The van der Waals surface area contributed by atoms with E-state index in [0.29, 0.717) is 21.8 Å². The van der Waals surface area contributed by atoms with E-state index >= 15 is 0 Å². The molecule has 3 rings (SSSR count). The summed E-state index contributed by atoms with van der Waals surface area (Å²) in [7, 11) is 0. The van der Waals surface area contributed by atoms with Crippen molar-refractivity contribution >= 4 is 34.2 Å². The van der Waals surface area contributed by atoms with Gasteiger partial charge in [0.1, 0.15) is 11.0 Å². The summed E-state index contributed by atoms with van der Waals surface area (Å²) in [6.07, 6.45) is 0. The zero-order valence-electron chi connectivity index (χ0n) is 9.72. The van der Waals surface area contributed by atoms with E-state index in [2.05, 4.69) is 20.7 Å². The van der Waals surface area contributed by atoms with Gasteiger partial charge in [-0.2, -0.15) is 15.4 Å². The van der Waals surface area contributed by atoms with E-state index in [9.17, 15) is 4.79 Å². The third kappa shape index (κ3) is 2.41. The molecule has 1 amide bonds.